The van der Waals surface area contributed by atoms with E-state index < -0.39 is 35.0 Å². The number of amides is 2. The third-order valence-corrected chi connectivity index (χ3v) is 3.55. The predicted octanol–water partition coefficient (Wildman–Crippen LogP) is 2.69. The molecule has 1 fully saturated rings. The molecule has 1 aliphatic heterocycles. The molecule has 9 nitrogen and oxygen atoms in total. The maximum atomic E-state index is 12.1. The molecule has 0 aliphatic carbocycles. The molecular weight excluding hydrogens is 344 g/mol. The number of aliphatic carboxylic acids is 1. The molecule has 1 heterocycles. The van der Waals surface area contributed by atoms with Gasteiger partial charge in [-0.1, -0.05) is 0 Å². The van der Waals surface area contributed by atoms with Crippen molar-refractivity contribution in [2.24, 2.45) is 0 Å². The molecule has 1 saturated heterocycles. The van der Waals surface area contributed by atoms with Crippen molar-refractivity contribution >= 4 is 18.2 Å². The van der Waals surface area contributed by atoms with Crippen LogP contribution in [0, 0.1) is 0 Å². The van der Waals surface area contributed by atoms with Gasteiger partial charge in [0, 0.05) is 13.1 Å². The smallest absolute Gasteiger partial charge is 0.431 e. The zero-order valence-corrected chi connectivity index (χ0v) is 16.4. The molecule has 0 atom stereocenters. The summed E-state index contributed by atoms with van der Waals surface area (Å²) < 4.78 is 10.4. The van der Waals surface area contributed by atoms with Gasteiger partial charge in [0.2, 0.25) is 0 Å². The van der Waals surface area contributed by atoms with E-state index in [4.69, 9.17) is 14.3 Å². The lowest BCUT2D eigenvalue weighted by Crippen LogP contribution is -2.52. The van der Waals surface area contributed by atoms with E-state index in [0.717, 1.165) is 0 Å². The highest BCUT2D eigenvalue weighted by atomic mass is 16.7. The molecule has 0 aromatic heterocycles. The van der Waals surface area contributed by atoms with Gasteiger partial charge in [-0.25, -0.2) is 9.59 Å². The van der Waals surface area contributed by atoms with Crippen molar-refractivity contribution in [2.45, 2.75) is 77.6 Å². The van der Waals surface area contributed by atoms with Gasteiger partial charge in [-0.05, 0) is 54.4 Å². The Morgan fingerprint density at radius 1 is 1.00 bits per heavy atom. The highest BCUT2D eigenvalue weighted by Crippen LogP contribution is 2.30. The third-order valence-electron chi connectivity index (χ3n) is 3.55. The summed E-state index contributed by atoms with van der Waals surface area (Å²) in [5.74, 6) is -1.05. The van der Waals surface area contributed by atoms with Crippen LogP contribution in [0.15, 0.2) is 0 Å². The van der Waals surface area contributed by atoms with Crippen LogP contribution in [-0.4, -0.2) is 58.1 Å². The first kappa shape index (κ1) is 22.0. The number of nitrogens with one attached hydrogen (secondary N) is 1. The number of rotatable bonds is 4. The quantitative estimate of drug-likeness (QED) is 0.727. The summed E-state index contributed by atoms with van der Waals surface area (Å²) in [5.41, 5.74) is -0.242. The fourth-order valence-electron chi connectivity index (χ4n) is 2.46. The number of piperidine rings is 1. The number of hydrogen-bond acceptors (Lipinski definition) is 6. The van der Waals surface area contributed by atoms with Crippen LogP contribution in [0.3, 0.4) is 0 Å². The van der Waals surface area contributed by atoms with Crippen LogP contribution in [0.1, 0.15) is 60.8 Å². The standard InChI is InChI=1S/C17H30N2O7/c1-15(2,3)24-13(22)18-26-17(11-12(20)21)7-9-19(10-8-17)14(23)25-16(4,5)6/h7-11H2,1-6H3,(H,18,22)(H,20,21). The van der Waals surface area contributed by atoms with Crippen LogP contribution in [0.25, 0.3) is 0 Å². The Kier molecular flexibility index (Phi) is 6.87. The second-order valence-electron chi connectivity index (χ2n) is 8.43. The molecule has 1 aliphatic rings. The van der Waals surface area contributed by atoms with Gasteiger partial charge in [0.15, 0.2) is 0 Å². The summed E-state index contributed by atoms with van der Waals surface area (Å²) in [6.45, 7) is 11.0. The van der Waals surface area contributed by atoms with Crippen molar-refractivity contribution in [3.05, 3.63) is 0 Å². The minimum Gasteiger partial charge on any atom is -0.481 e. The number of carboxylic acids is 1. The lowest BCUT2D eigenvalue weighted by Gasteiger charge is -2.40. The van der Waals surface area contributed by atoms with Gasteiger partial charge >= 0.3 is 18.2 Å². The number of likely N-dealkylation sites (tertiary alicyclic amines) is 1. The van der Waals surface area contributed by atoms with Gasteiger partial charge in [-0.2, -0.15) is 5.48 Å². The van der Waals surface area contributed by atoms with Crippen molar-refractivity contribution in [1.29, 1.82) is 0 Å². The molecule has 0 bridgehead atoms. The summed E-state index contributed by atoms with van der Waals surface area (Å²) in [6, 6.07) is 0. The first-order valence-corrected chi connectivity index (χ1v) is 8.58. The molecule has 1 rings (SSSR count). The van der Waals surface area contributed by atoms with Crippen molar-refractivity contribution in [3.8, 4) is 0 Å². The number of carbonyl (C=O) groups excluding carboxylic acids is 2. The Balaban J connectivity index is 2.67. The average molecular weight is 374 g/mol. The SMILES string of the molecule is CC(C)(C)OC(=O)NOC1(CC(=O)O)CCN(C(=O)OC(C)(C)C)CC1. The Labute approximate surface area is 153 Å². The largest absolute Gasteiger partial charge is 0.481 e. The van der Waals surface area contributed by atoms with E-state index in [1.165, 1.54) is 4.90 Å². The maximum Gasteiger partial charge on any atom is 0.431 e. The van der Waals surface area contributed by atoms with Crippen molar-refractivity contribution in [2.75, 3.05) is 13.1 Å². The van der Waals surface area contributed by atoms with Crippen molar-refractivity contribution < 1.29 is 33.8 Å². The molecule has 0 aromatic rings. The maximum absolute atomic E-state index is 12.1. The zero-order valence-electron chi connectivity index (χ0n) is 16.4. The second kappa shape index (κ2) is 8.11. The number of carboxylic acid groups (broad SMARTS) is 1. The van der Waals surface area contributed by atoms with Crippen LogP contribution in [-0.2, 0) is 19.1 Å². The normalized spacial score (nSPS) is 17.4. The third kappa shape index (κ3) is 7.90. The van der Waals surface area contributed by atoms with E-state index in [1.54, 1.807) is 41.5 Å². The topological polar surface area (TPSA) is 114 Å². The fraction of sp³-hybridized carbons (Fsp3) is 0.824. The molecule has 2 N–H and O–H groups in total. The van der Waals surface area contributed by atoms with E-state index in [-0.39, 0.29) is 32.4 Å². The van der Waals surface area contributed by atoms with Crippen LogP contribution in [0.2, 0.25) is 0 Å². The summed E-state index contributed by atoms with van der Waals surface area (Å²) in [4.78, 5) is 42.1. The van der Waals surface area contributed by atoms with E-state index in [0.29, 0.717) is 0 Å². The molecular formula is C17H30N2O7. The number of hydrogen-bond donors (Lipinski definition) is 2. The molecule has 0 aromatic carbocycles. The average Bonchev–Trinajstić information content (AvgIpc) is 2.41. The molecule has 0 spiro atoms. The lowest BCUT2D eigenvalue weighted by atomic mass is 9.88. The Hall–Kier alpha value is -2.03. The van der Waals surface area contributed by atoms with Gasteiger partial charge in [0.05, 0.1) is 6.42 Å². The van der Waals surface area contributed by atoms with E-state index in [1.807, 2.05) is 0 Å². The molecule has 9 heteroatoms. The highest BCUT2D eigenvalue weighted by Gasteiger charge is 2.41. The van der Waals surface area contributed by atoms with Gasteiger partial charge in [-0.3, -0.25) is 9.63 Å². The summed E-state index contributed by atoms with van der Waals surface area (Å²) in [7, 11) is 0. The van der Waals surface area contributed by atoms with Crippen molar-refractivity contribution in [3.63, 3.8) is 0 Å². The van der Waals surface area contributed by atoms with Crippen molar-refractivity contribution in [1.82, 2.24) is 10.4 Å². The summed E-state index contributed by atoms with van der Waals surface area (Å²) >= 11 is 0. The zero-order chi connectivity index (χ0) is 20.2. The van der Waals surface area contributed by atoms with E-state index >= 15 is 0 Å². The van der Waals surface area contributed by atoms with Gasteiger partial charge in [-0.15, -0.1) is 0 Å². The van der Waals surface area contributed by atoms with E-state index in [9.17, 15) is 19.5 Å². The predicted molar refractivity (Wildman–Crippen MR) is 92.5 cm³/mol. The second-order valence-corrected chi connectivity index (χ2v) is 8.43. The van der Waals surface area contributed by atoms with E-state index in [2.05, 4.69) is 5.48 Å². The Bertz CT molecular complexity index is 526. The molecule has 0 saturated carbocycles. The van der Waals surface area contributed by atoms with Crippen LogP contribution in [0.4, 0.5) is 9.59 Å². The minimum absolute atomic E-state index is 0.244. The number of nitrogens with zero attached hydrogens (tertiary/aromatic N) is 1. The first-order chi connectivity index (χ1) is 11.7. The van der Waals surface area contributed by atoms with Crippen LogP contribution >= 0.6 is 0 Å². The molecule has 2 amide bonds. The van der Waals surface area contributed by atoms with Crippen LogP contribution < -0.4 is 5.48 Å². The molecule has 0 radical (unpaired) electrons. The minimum atomic E-state index is -1.11. The molecule has 26 heavy (non-hydrogen) atoms. The van der Waals surface area contributed by atoms with Gasteiger partial charge in [0.25, 0.3) is 0 Å². The molecule has 150 valence electrons. The lowest BCUT2D eigenvalue weighted by molar-refractivity contribution is -0.161. The van der Waals surface area contributed by atoms with Gasteiger partial charge < -0.3 is 19.5 Å². The molecule has 0 unspecified atom stereocenters. The number of hydroxylamine groups is 1. The summed E-state index contributed by atoms with van der Waals surface area (Å²) in [5, 5.41) is 9.18. The Morgan fingerprint density at radius 3 is 1.92 bits per heavy atom. The number of ether oxygens (including phenoxy) is 2. The fourth-order valence-corrected chi connectivity index (χ4v) is 2.46. The first-order valence-electron chi connectivity index (χ1n) is 8.58. The van der Waals surface area contributed by atoms with Crippen LogP contribution in [0.5, 0.6) is 0 Å². The Morgan fingerprint density at radius 2 is 1.50 bits per heavy atom. The highest BCUT2D eigenvalue weighted by molar-refractivity contribution is 5.70. The monoisotopic (exact) mass is 374 g/mol. The number of carbonyl (C=O) groups is 3. The van der Waals surface area contributed by atoms with Gasteiger partial charge in [0.1, 0.15) is 16.8 Å². The summed E-state index contributed by atoms with van der Waals surface area (Å²) in [6.07, 6.45) is -1.06.